The van der Waals surface area contributed by atoms with Crippen molar-refractivity contribution in [3.63, 3.8) is 0 Å². The largest absolute Gasteiger partial charge is 0.374 e. The van der Waals surface area contributed by atoms with Crippen molar-refractivity contribution in [3.8, 4) is 0 Å². The molecule has 0 aliphatic heterocycles. The van der Waals surface area contributed by atoms with Crippen molar-refractivity contribution in [2.24, 2.45) is 0 Å². The second-order valence-corrected chi connectivity index (χ2v) is 5.80. The van der Waals surface area contributed by atoms with Gasteiger partial charge in [-0.2, -0.15) is 0 Å². The average Bonchev–Trinajstić information content (AvgIpc) is 2.61. The van der Waals surface area contributed by atoms with Gasteiger partial charge in [0, 0.05) is 0 Å². The molecule has 0 aliphatic rings. The van der Waals surface area contributed by atoms with Crippen LogP contribution in [0.4, 0.5) is 0 Å². The van der Waals surface area contributed by atoms with E-state index in [-0.39, 0.29) is 6.10 Å². The molecule has 3 aromatic rings. The average molecular weight is 306 g/mol. The van der Waals surface area contributed by atoms with Gasteiger partial charge in [0.2, 0.25) is 0 Å². The Morgan fingerprint density at radius 3 is 2.30 bits per heavy atom. The summed E-state index contributed by atoms with van der Waals surface area (Å²) in [6.07, 6.45) is 0.0742. The van der Waals surface area contributed by atoms with Crippen LogP contribution in [0.3, 0.4) is 0 Å². The zero-order valence-electron chi connectivity index (χ0n) is 13.4. The van der Waals surface area contributed by atoms with Crippen molar-refractivity contribution in [2.45, 2.75) is 26.2 Å². The van der Waals surface area contributed by atoms with Crippen molar-refractivity contribution < 1.29 is 9.47 Å². The lowest BCUT2D eigenvalue weighted by molar-refractivity contribution is -0.0197. The predicted octanol–water partition coefficient (Wildman–Crippen LogP) is 4.96. The Labute approximate surface area is 137 Å². The smallest absolute Gasteiger partial charge is 0.0785 e. The lowest BCUT2D eigenvalue weighted by Gasteiger charge is -2.14. The Morgan fingerprint density at radius 2 is 1.48 bits per heavy atom. The highest BCUT2D eigenvalue weighted by atomic mass is 16.5. The van der Waals surface area contributed by atoms with Gasteiger partial charge in [-0.1, -0.05) is 66.7 Å². The molecule has 2 heteroatoms. The molecule has 0 spiro atoms. The van der Waals surface area contributed by atoms with Crippen molar-refractivity contribution in [3.05, 3.63) is 83.9 Å². The van der Waals surface area contributed by atoms with Crippen LogP contribution in [-0.4, -0.2) is 12.7 Å². The van der Waals surface area contributed by atoms with Gasteiger partial charge in [0.25, 0.3) is 0 Å². The van der Waals surface area contributed by atoms with Gasteiger partial charge in [0.15, 0.2) is 0 Å². The molecule has 0 N–H and O–H groups in total. The monoisotopic (exact) mass is 306 g/mol. The molecule has 0 fully saturated rings. The quantitative estimate of drug-likeness (QED) is 0.614. The highest BCUT2D eigenvalue weighted by molar-refractivity contribution is 5.82. The van der Waals surface area contributed by atoms with E-state index in [1.165, 1.54) is 21.9 Å². The second kappa shape index (κ2) is 7.91. The van der Waals surface area contributed by atoms with Crippen LogP contribution in [0.5, 0.6) is 0 Å². The van der Waals surface area contributed by atoms with E-state index in [4.69, 9.17) is 9.47 Å². The van der Waals surface area contributed by atoms with Crippen molar-refractivity contribution >= 4 is 10.8 Å². The fourth-order valence-electron chi connectivity index (χ4n) is 2.53. The number of rotatable bonds is 7. The summed E-state index contributed by atoms with van der Waals surface area (Å²) in [5, 5.41) is 2.51. The molecule has 3 aromatic carbocycles. The highest BCUT2D eigenvalue weighted by Gasteiger charge is 2.04. The van der Waals surface area contributed by atoms with E-state index in [9.17, 15) is 0 Å². The fourth-order valence-corrected chi connectivity index (χ4v) is 2.53. The minimum Gasteiger partial charge on any atom is -0.374 e. The van der Waals surface area contributed by atoms with Crippen LogP contribution < -0.4 is 0 Å². The molecule has 0 bridgehead atoms. The molecular weight excluding hydrogens is 284 g/mol. The molecule has 0 amide bonds. The Kier molecular flexibility index (Phi) is 5.41. The zero-order chi connectivity index (χ0) is 15.9. The molecule has 1 atom stereocenters. The van der Waals surface area contributed by atoms with Gasteiger partial charge in [-0.25, -0.2) is 0 Å². The minimum absolute atomic E-state index is 0.0742. The Morgan fingerprint density at radius 1 is 0.739 bits per heavy atom. The molecular formula is C21H22O2. The van der Waals surface area contributed by atoms with Crippen LogP contribution in [0.15, 0.2) is 72.8 Å². The first kappa shape index (κ1) is 15.7. The molecule has 0 radical (unpaired) electrons. The molecule has 1 unspecified atom stereocenters. The minimum atomic E-state index is 0.0742. The summed E-state index contributed by atoms with van der Waals surface area (Å²) in [6.45, 7) is 3.89. The van der Waals surface area contributed by atoms with Crippen LogP contribution in [0.25, 0.3) is 10.8 Å². The first-order chi connectivity index (χ1) is 11.3. The summed E-state index contributed by atoms with van der Waals surface area (Å²) in [5.41, 5.74) is 2.38. The molecule has 3 rings (SSSR count). The van der Waals surface area contributed by atoms with E-state index in [2.05, 4.69) is 54.6 Å². The molecule has 0 aromatic heterocycles. The predicted molar refractivity (Wildman–Crippen MR) is 94.3 cm³/mol. The third kappa shape index (κ3) is 4.65. The van der Waals surface area contributed by atoms with Crippen LogP contribution in [0.2, 0.25) is 0 Å². The molecule has 0 saturated carbocycles. The molecule has 0 aliphatic carbocycles. The normalized spacial score (nSPS) is 12.4. The highest BCUT2D eigenvalue weighted by Crippen LogP contribution is 2.16. The standard InChI is InChI=1S/C21H22O2/c1-17(14-22-15-18-7-3-2-4-8-18)23-16-19-11-12-20-9-5-6-10-21(20)13-19/h2-13,17H,14-16H2,1H3. The topological polar surface area (TPSA) is 18.5 Å². The zero-order valence-corrected chi connectivity index (χ0v) is 13.4. The lowest BCUT2D eigenvalue weighted by Crippen LogP contribution is -2.15. The molecule has 2 nitrogen and oxygen atoms in total. The van der Waals surface area contributed by atoms with E-state index in [0.29, 0.717) is 19.8 Å². The Hall–Kier alpha value is -2.16. The van der Waals surface area contributed by atoms with E-state index >= 15 is 0 Å². The van der Waals surface area contributed by atoms with Gasteiger partial charge in [0.05, 0.1) is 25.9 Å². The lowest BCUT2D eigenvalue weighted by atomic mass is 10.1. The Balaban J connectivity index is 1.45. The number of fused-ring (bicyclic) bond motifs is 1. The van der Waals surface area contributed by atoms with Crippen LogP contribution in [0.1, 0.15) is 18.1 Å². The first-order valence-corrected chi connectivity index (χ1v) is 8.02. The summed E-state index contributed by atoms with van der Waals surface area (Å²) in [5.74, 6) is 0. The van der Waals surface area contributed by atoms with E-state index in [1.54, 1.807) is 0 Å². The maximum absolute atomic E-state index is 5.89. The number of benzene rings is 3. The summed E-state index contributed by atoms with van der Waals surface area (Å²) >= 11 is 0. The maximum atomic E-state index is 5.89. The Bertz CT molecular complexity index is 737. The van der Waals surface area contributed by atoms with Gasteiger partial charge < -0.3 is 9.47 Å². The molecule has 0 saturated heterocycles. The molecule has 23 heavy (non-hydrogen) atoms. The maximum Gasteiger partial charge on any atom is 0.0785 e. The van der Waals surface area contributed by atoms with Crippen molar-refractivity contribution in [1.82, 2.24) is 0 Å². The third-order valence-corrected chi connectivity index (χ3v) is 3.81. The van der Waals surface area contributed by atoms with Crippen molar-refractivity contribution in [1.29, 1.82) is 0 Å². The number of hydrogen-bond donors (Lipinski definition) is 0. The van der Waals surface area contributed by atoms with Crippen LogP contribution in [0, 0.1) is 0 Å². The number of ether oxygens (including phenoxy) is 2. The molecule has 118 valence electrons. The van der Waals surface area contributed by atoms with E-state index in [0.717, 1.165) is 0 Å². The van der Waals surface area contributed by atoms with Crippen molar-refractivity contribution in [2.75, 3.05) is 6.61 Å². The van der Waals surface area contributed by atoms with Gasteiger partial charge in [-0.15, -0.1) is 0 Å². The van der Waals surface area contributed by atoms with Gasteiger partial charge >= 0.3 is 0 Å². The summed E-state index contributed by atoms with van der Waals surface area (Å²) in [6, 6.07) is 25.0. The summed E-state index contributed by atoms with van der Waals surface area (Å²) in [7, 11) is 0. The van der Waals surface area contributed by atoms with Gasteiger partial charge in [-0.05, 0) is 34.9 Å². The SMILES string of the molecule is CC(COCc1ccccc1)OCc1ccc2ccccc2c1. The first-order valence-electron chi connectivity index (χ1n) is 8.02. The third-order valence-electron chi connectivity index (χ3n) is 3.81. The van der Waals surface area contributed by atoms with E-state index < -0.39 is 0 Å². The van der Waals surface area contributed by atoms with Gasteiger partial charge in [0.1, 0.15) is 0 Å². The van der Waals surface area contributed by atoms with Crippen LogP contribution in [-0.2, 0) is 22.7 Å². The second-order valence-electron chi connectivity index (χ2n) is 5.80. The summed E-state index contributed by atoms with van der Waals surface area (Å²) in [4.78, 5) is 0. The molecule has 0 heterocycles. The number of hydrogen-bond acceptors (Lipinski definition) is 2. The van der Waals surface area contributed by atoms with Gasteiger partial charge in [-0.3, -0.25) is 0 Å². The van der Waals surface area contributed by atoms with E-state index in [1.807, 2.05) is 25.1 Å². The van der Waals surface area contributed by atoms with Crippen LogP contribution >= 0.6 is 0 Å². The fraction of sp³-hybridized carbons (Fsp3) is 0.238. The summed E-state index contributed by atoms with van der Waals surface area (Å²) < 4.78 is 11.6.